The fourth-order valence-electron chi connectivity index (χ4n) is 2.38. The molecule has 1 fully saturated rings. The monoisotopic (exact) mass is 328 g/mol. The predicted molar refractivity (Wildman–Crippen MR) is 85.4 cm³/mol. The SMILES string of the molecule is O=C(/N=C/Cc1ccc(Cl)cc1Cl)N1CCCC(CO)C1. The Bertz CT molecular complexity index is 534. The number of aliphatic hydroxyl groups is 1. The van der Waals surface area contributed by atoms with Crippen molar-refractivity contribution in [1.82, 2.24) is 4.90 Å². The lowest BCUT2D eigenvalue weighted by Crippen LogP contribution is -2.39. The van der Waals surface area contributed by atoms with Crippen LogP contribution in [0.4, 0.5) is 4.79 Å². The van der Waals surface area contributed by atoms with Gasteiger partial charge in [0.1, 0.15) is 0 Å². The highest BCUT2D eigenvalue weighted by Crippen LogP contribution is 2.21. The number of hydrogen-bond donors (Lipinski definition) is 1. The van der Waals surface area contributed by atoms with Crippen molar-refractivity contribution >= 4 is 35.4 Å². The van der Waals surface area contributed by atoms with Crippen molar-refractivity contribution in [2.75, 3.05) is 19.7 Å². The lowest BCUT2D eigenvalue weighted by molar-refractivity contribution is 0.134. The molecule has 1 atom stereocenters. The smallest absolute Gasteiger partial charge is 0.343 e. The summed E-state index contributed by atoms with van der Waals surface area (Å²) in [5.41, 5.74) is 0.879. The molecule has 1 aromatic carbocycles. The molecule has 1 unspecified atom stereocenters. The maximum atomic E-state index is 12.0. The maximum Gasteiger partial charge on any atom is 0.343 e. The van der Waals surface area contributed by atoms with Gasteiger partial charge in [-0.05, 0) is 36.5 Å². The van der Waals surface area contributed by atoms with Gasteiger partial charge in [-0.15, -0.1) is 0 Å². The molecular weight excluding hydrogens is 311 g/mol. The van der Waals surface area contributed by atoms with Gasteiger partial charge in [0.15, 0.2) is 0 Å². The largest absolute Gasteiger partial charge is 0.396 e. The van der Waals surface area contributed by atoms with Gasteiger partial charge in [0.25, 0.3) is 0 Å². The van der Waals surface area contributed by atoms with Crippen molar-refractivity contribution < 1.29 is 9.90 Å². The quantitative estimate of drug-likeness (QED) is 0.864. The number of hydrogen-bond acceptors (Lipinski definition) is 2. The second kappa shape index (κ2) is 7.78. The van der Waals surface area contributed by atoms with Gasteiger partial charge in [-0.2, -0.15) is 0 Å². The van der Waals surface area contributed by atoms with Crippen LogP contribution >= 0.6 is 23.2 Å². The molecule has 4 nitrogen and oxygen atoms in total. The third kappa shape index (κ3) is 4.70. The zero-order chi connectivity index (χ0) is 15.2. The van der Waals surface area contributed by atoms with E-state index < -0.39 is 0 Å². The molecule has 2 amide bonds. The summed E-state index contributed by atoms with van der Waals surface area (Å²) in [6, 6.07) is 5.00. The van der Waals surface area contributed by atoms with Gasteiger partial charge in [-0.1, -0.05) is 29.3 Å². The summed E-state index contributed by atoms with van der Waals surface area (Å²) in [6.45, 7) is 1.40. The van der Waals surface area contributed by atoms with Crippen molar-refractivity contribution in [3.8, 4) is 0 Å². The molecule has 1 N–H and O–H groups in total. The van der Waals surface area contributed by atoms with E-state index >= 15 is 0 Å². The minimum absolute atomic E-state index is 0.119. The number of rotatable bonds is 3. The summed E-state index contributed by atoms with van der Waals surface area (Å²) in [4.78, 5) is 17.6. The third-order valence-electron chi connectivity index (χ3n) is 3.58. The van der Waals surface area contributed by atoms with Crippen LogP contribution in [0.3, 0.4) is 0 Å². The molecule has 1 aromatic rings. The molecule has 0 saturated carbocycles. The highest BCUT2D eigenvalue weighted by Gasteiger charge is 2.22. The van der Waals surface area contributed by atoms with Crippen molar-refractivity contribution in [3.63, 3.8) is 0 Å². The first kappa shape index (κ1) is 16.3. The summed E-state index contributed by atoms with van der Waals surface area (Å²) >= 11 is 11.9. The van der Waals surface area contributed by atoms with E-state index in [2.05, 4.69) is 4.99 Å². The van der Waals surface area contributed by atoms with E-state index in [9.17, 15) is 4.79 Å². The second-order valence-electron chi connectivity index (χ2n) is 5.17. The number of nitrogens with zero attached hydrogens (tertiary/aromatic N) is 2. The number of benzene rings is 1. The lowest BCUT2D eigenvalue weighted by atomic mass is 9.99. The molecule has 0 bridgehead atoms. The summed E-state index contributed by atoms with van der Waals surface area (Å²) < 4.78 is 0. The average Bonchev–Trinajstić information content (AvgIpc) is 2.49. The Morgan fingerprint density at radius 3 is 3.00 bits per heavy atom. The molecular formula is C15H18Cl2N2O2. The molecule has 0 aromatic heterocycles. The minimum Gasteiger partial charge on any atom is -0.396 e. The number of likely N-dealkylation sites (tertiary alicyclic amines) is 1. The van der Waals surface area contributed by atoms with Crippen molar-refractivity contribution in [2.24, 2.45) is 10.9 Å². The van der Waals surface area contributed by atoms with E-state index in [0.717, 1.165) is 18.4 Å². The van der Waals surface area contributed by atoms with Crippen LogP contribution in [0.15, 0.2) is 23.2 Å². The summed E-state index contributed by atoms with van der Waals surface area (Å²) in [5, 5.41) is 10.3. The molecule has 1 saturated heterocycles. The molecule has 1 heterocycles. The van der Waals surface area contributed by atoms with Crippen molar-refractivity contribution in [1.29, 1.82) is 0 Å². The number of carbonyl (C=O) groups is 1. The van der Waals surface area contributed by atoms with Crippen LogP contribution in [0.2, 0.25) is 10.0 Å². The van der Waals surface area contributed by atoms with E-state index in [0.29, 0.717) is 29.6 Å². The van der Waals surface area contributed by atoms with Gasteiger partial charge in [0, 0.05) is 42.4 Å². The Hall–Kier alpha value is -1.10. The maximum absolute atomic E-state index is 12.0. The Balaban J connectivity index is 1.90. The fourth-order valence-corrected chi connectivity index (χ4v) is 2.86. The molecule has 0 aliphatic carbocycles. The van der Waals surface area contributed by atoms with Gasteiger partial charge in [-0.3, -0.25) is 0 Å². The number of aliphatic hydroxyl groups excluding tert-OH is 1. The number of carbonyl (C=O) groups excluding carboxylic acids is 1. The first-order valence-electron chi connectivity index (χ1n) is 6.96. The molecule has 1 aliphatic rings. The van der Waals surface area contributed by atoms with Gasteiger partial charge < -0.3 is 10.0 Å². The molecule has 2 rings (SSSR count). The molecule has 0 radical (unpaired) electrons. The van der Waals surface area contributed by atoms with Crippen molar-refractivity contribution in [2.45, 2.75) is 19.3 Å². The summed E-state index contributed by atoms with van der Waals surface area (Å²) in [5.74, 6) is 0.170. The van der Waals surface area contributed by atoms with Gasteiger partial charge in [0.2, 0.25) is 0 Å². The van der Waals surface area contributed by atoms with E-state index in [4.69, 9.17) is 28.3 Å². The first-order chi connectivity index (χ1) is 10.1. The zero-order valence-corrected chi connectivity index (χ0v) is 13.1. The van der Waals surface area contributed by atoms with E-state index in [1.165, 1.54) is 0 Å². The van der Waals surface area contributed by atoms with Crippen LogP contribution in [-0.4, -0.2) is 41.9 Å². The Morgan fingerprint density at radius 1 is 1.48 bits per heavy atom. The minimum atomic E-state index is -0.252. The number of piperidine rings is 1. The Labute approximate surface area is 134 Å². The first-order valence-corrected chi connectivity index (χ1v) is 7.72. The van der Waals surface area contributed by atoms with E-state index in [1.807, 2.05) is 6.07 Å². The number of amides is 2. The molecule has 0 spiro atoms. The van der Waals surface area contributed by atoms with Crippen molar-refractivity contribution in [3.05, 3.63) is 33.8 Å². The number of aliphatic imine (C=N–C) groups is 1. The third-order valence-corrected chi connectivity index (χ3v) is 4.16. The lowest BCUT2D eigenvalue weighted by Gasteiger charge is -2.30. The summed E-state index contributed by atoms with van der Waals surface area (Å²) in [7, 11) is 0. The van der Waals surface area contributed by atoms with Crippen LogP contribution < -0.4 is 0 Å². The molecule has 6 heteroatoms. The van der Waals surface area contributed by atoms with E-state index in [-0.39, 0.29) is 18.6 Å². The zero-order valence-electron chi connectivity index (χ0n) is 11.6. The predicted octanol–water partition coefficient (Wildman–Crippen LogP) is 3.43. The topological polar surface area (TPSA) is 52.9 Å². The highest BCUT2D eigenvalue weighted by molar-refractivity contribution is 6.35. The van der Waals surface area contributed by atoms with Crippen LogP contribution in [0.25, 0.3) is 0 Å². The average molecular weight is 329 g/mol. The number of halogens is 2. The van der Waals surface area contributed by atoms with Gasteiger partial charge >= 0.3 is 6.03 Å². The number of urea groups is 1. The van der Waals surface area contributed by atoms with Gasteiger partial charge in [-0.25, -0.2) is 9.79 Å². The standard InChI is InChI=1S/C15H18Cl2N2O2/c16-13-4-3-12(14(17)8-13)5-6-18-15(21)19-7-1-2-11(9-19)10-20/h3-4,6,8,11,20H,1-2,5,7,9-10H2/b18-6+. The van der Waals surface area contributed by atoms with E-state index in [1.54, 1.807) is 23.2 Å². The molecule has 114 valence electrons. The Kier molecular flexibility index (Phi) is 6.03. The Morgan fingerprint density at radius 2 is 2.29 bits per heavy atom. The molecule has 1 aliphatic heterocycles. The fraction of sp³-hybridized carbons (Fsp3) is 0.467. The van der Waals surface area contributed by atoms with Crippen LogP contribution in [0.1, 0.15) is 18.4 Å². The second-order valence-corrected chi connectivity index (χ2v) is 6.01. The summed E-state index contributed by atoms with van der Waals surface area (Å²) in [6.07, 6.45) is 3.93. The van der Waals surface area contributed by atoms with Crippen LogP contribution in [0, 0.1) is 5.92 Å². The van der Waals surface area contributed by atoms with Crippen LogP contribution in [0.5, 0.6) is 0 Å². The van der Waals surface area contributed by atoms with Crippen LogP contribution in [-0.2, 0) is 6.42 Å². The molecule has 21 heavy (non-hydrogen) atoms. The highest BCUT2D eigenvalue weighted by atomic mass is 35.5. The van der Waals surface area contributed by atoms with Gasteiger partial charge in [0.05, 0.1) is 0 Å². The normalized spacial score (nSPS) is 19.2.